The molecule has 2 aromatic carbocycles. The fraction of sp³-hybridized carbons (Fsp3) is 0.286. The van der Waals surface area contributed by atoms with Gasteiger partial charge in [-0.15, -0.1) is 0 Å². The van der Waals surface area contributed by atoms with Crippen molar-refractivity contribution in [2.24, 2.45) is 5.10 Å². The van der Waals surface area contributed by atoms with Gasteiger partial charge >= 0.3 is 11.8 Å². The minimum absolute atomic E-state index is 0.145. The molecule has 0 bridgehead atoms. The number of hydrazone groups is 1. The number of benzene rings is 2. The second-order valence-electron chi connectivity index (χ2n) is 6.38. The summed E-state index contributed by atoms with van der Waals surface area (Å²) < 4.78 is 24.4. The average molecular weight is 401 g/mol. The lowest BCUT2D eigenvalue weighted by Gasteiger charge is -2.12. The van der Waals surface area contributed by atoms with Crippen LogP contribution in [-0.2, 0) is 16.2 Å². The van der Waals surface area contributed by atoms with Gasteiger partial charge in [-0.3, -0.25) is 9.59 Å². The Hall–Kier alpha value is -3.42. The highest BCUT2D eigenvalue weighted by Crippen LogP contribution is 2.28. The van der Waals surface area contributed by atoms with Crippen molar-refractivity contribution in [2.45, 2.75) is 33.4 Å². The van der Waals surface area contributed by atoms with E-state index in [2.05, 4.69) is 15.8 Å². The fourth-order valence-electron chi connectivity index (χ4n) is 2.28. The van der Waals surface area contributed by atoms with Gasteiger partial charge < -0.3 is 14.8 Å². The van der Waals surface area contributed by atoms with Gasteiger partial charge in [0.1, 0.15) is 12.4 Å². The third kappa shape index (κ3) is 7.25. The molecule has 0 unspecified atom stereocenters. The zero-order valence-electron chi connectivity index (χ0n) is 16.6. The molecule has 2 rings (SSSR count). The zero-order valence-corrected chi connectivity index (χ0v) is 16.6. The summed E-state index contributed by atoms with van der Waals surface area (Å²) in [7, 11) is 0. The van der Waals surface area contributed by atoms with Crippen LogP contribution in [-0.4, -0.2) is 30.7 Å². The van der Waals surface area contributed by atoms with E-state index in [4.69, 9.17) is 9.47 Å². The SMILES string of the molecule is CCOc1cc(/C=N\NC(=O)C(=O)NC(C)C)ccc1OCc1ccc(F)cc1. The van der Waals surface area contributed by atoms with E-state index in [1.54, 1.807) is 44.2 Å². The van der Waals surface area contributed by atoms with Crippen LogP contribution < -0.4 is 20.2 Å². The first-order valence-electron chi connectivity index (χ1n) is 9.17. The van der Waals surface area contributed by atoms with Crippen LogP contribution in [0, 0.1) is 5.82 Å². The van der Waals surface area contributed by atoms with Gasteiger partial charge in [-0.2, -0.15) is 5.10 Å². The van der Waals surface area contributed by atoms with E-state index in [1.165, 1.54) is 18.3 Å². The van der Waals surface area contributed by atoms with Gasteiger partial charge in [0.25, 0.3) is 0 Å². The maximum atomic E-state index is 13.0. The average Bonchev–Trinajstić information content (AvgIpc) is 2.68. The van der Waals surface area contributed by atoms with Crippen LogP contribution in [0.5, 0.6) is 11.5 Å². The van der Waals surface area contributed by atoms with Crippen LogP contribution in [0.4, 0.5) is 4.39 Å². The third-order valence-corrected chi connectivity index (χ3v) is 3.58. The minimum Gasteiger partial charge on any atom is -0.490 e. The summed E-state index contributed by atoms with van der Waals surface area (Å²) in [5.41, 5.74) is 3.64. The lowest BCUT2D eigenvalue weighted by molar-refractivity contribution is -0.139. The summed E-state index contributed by atoms with van der Waals surface area (Å²) in [4.78, 5) is 23.2. The van der Waals surface area contributed by atoms with E-state index in [0.717, 1.165) is 5.56 Å². The molecular weight excluding hydrogens is 377 g/mol. The summed E-state index contributed by atoms with van der Waals surface area (Å²) in [5, 5.41) is 6.26. The number of hydrogen-bond acceptors (Lipinski definition) is 5. The molecule has 0 heterocycles. The number of halogens is 1. The number of hydrogen-bond donors (Lipinski definition) is 2. The van der Waals surface area contributed by atoms with Crippen molar-refractivity contribution < 1.29 is 23.5 Å². The first kappa shape index (κ1) is 21.9. The molecule has 0 fully saturated rings. The fourth-order valence-corrected chi connectivity index (χ4v) is 2.28. The molecule has 0 aromatic heterocycles. The molecule has 0 saturated carbocycles. The summed E-state index contributed by atoms with van der Waals surface area (Å²) in [6.45, 7) is 6.04. The third-order valence-electron chi connectivity index (χ3n) is 3.58. The molecule has 2 aromatic rings. The number of nitrogens with one attached hydrogen (secondary N) is 2. The molecule has 8 heteroatoms. The van der Waals surface area contributed by atoms with Crippen LogP contribution >= 0.6 is 0 Å². The van der Waals surface area contributed by atoms with E-state index in [9.17, 15) is 14.0 Å². The van der Waals surface area contributed by atoms with Gasteiger partial charge in [0.05, 0.1) is 12.8 Å². The summed E-state index contributed by atoms with van der Waals surface area (Å²) in [6, 6.07) is 11.0. The molecule has 0 aliphatic heterocycles. The summed E-state index contributed by atoms with van der Waals surface area (Å²) in [5.74, 6) is -0.881. The molecule has 29 heavy (non-hydrogen) atoms. The Kier molecular flexibility index (Phi) is 8.14. The Labute approximate surface area is 168 Å². The molecule has 0 saturated heterocycles. The molecule has 2 amide bonds. The van der Waals surface area contributed by atoms with Crippen molar-refractivity contribution in [1.82, 2.24) is 10.7 Å². The first-order chi connectivity index (χ1) is 13.9. The maximum absolute atomic E-state index is 13.0. The smallest absolute Gasteiger partial charge is 0.329 e. The Morgan fingerprint density at radius 3 is 2.45 bits per heavy atom. The molecule has 0 radical (unpaired) electrons. The molecule has 0 aliphatic rings. The van der Waals surface area contributed by atoms with Gasteiger partial charge in [-0.25, -0.2) is 9.82 Å². The van der Waals surface area contributed by atoms with Crippen molar-refractivity contribution in [1.29, 1.82) is 0 Å². The Balaban J connectivity index is 2.01. The topological polar surface area (TPSA) is 89.0 Å². The predicted octanol–water partition coefficient (Wildman–Crippen LogP) is 2.78. The van der Waals surface area contributed by atoms with E-state index < -0.39 is 11.8 Å². The molecule has 7 nitrogen and oxygen atoms in total. The summed E-state index contributed by atoms with van der Waals surface area (Å²) in [6.07, 6.45) is 1.40. The Morgan fingerprint density at radius 2 is 1.79 bits per heavy atom. The van der Waals surface area contributed by atoms with Gasteiger partial charge in [0.2, 0.25) is 0 Å². The zero-order chi connectivity index (χ0) is 21.2. The first-order valence-corrected chi connectivity index (χ1v) is 9.17. The predicted molar refractivity (Wildman–Crippen MR) is 107 cm³/mol. The van der Waals surface area contributed by atoms with E-state index in [-0.39, 0.29) is 18.5 Å². The Bertz CT molecular complexity index is 867. The standard InChI is InChI=1S/C21H24FN3O4/c1-4-28-19-11-16(12-23-25-21(27)20(26)24-14(2)3)7-10-18(19)29-13-15-5-8-17(22)9-6-15/h5-12,14H,4,13H2,1-3H3,(H,24,26)(H,25,27)/b23-12-. The number of rotatable bonds is 8. The summed E-state index contributed by atoms with van der Waals surface area (Å²) >= 11 is 0. The van der Waals surface area contributed by atoms with Crippen molar-refractivity contribution in [3.63, 3.8) is 0 Å². The van der Waals surface area contributed by atoms with Crippen LogP contribution in [0.3, 0.4) is 0 Å². The molecular formula is C21H24FN3O4. The highest BCUT2D eigenvalue weighted by molar-refractivity contribution is 6.35. The minimum atomic E-state index is -0.848. The Morgan fingerprint density at radius 1 is 1.07 bits per heavy atom. The van der Waals surface area contributed by atoms with Gasteiger partial charge in [0.15, 0.2) is 11.5 Å². The van der Waals surface area contributed by atoms with Crippen LogP contribution in [0.2, 0.25) is 0 Å². The second-order valence-corrected chi connectivity index (χ2v) is 6.38. The van der Waals surface area contributed by atoms with E-state index in [1.807, 2.05) is 6.92 Å². The quantitative estimate of drug-likeness (QED) is 0.404. The largest absolute Gasteiger partial charge is 0.490 e. The monoisotopic (exact) mass is 401 g/mol. The van der Waals surface area contributed by atoms with Gasteiger partial charge in [-0.1, -0.05) is 12.1 Å². The number of carbonyl (C=O) groups excluding carboxylic acids is 2. The van der Waals surface area contributed by atoms with E-state index in [0.29, 0.717) is 23.7 Å². The number of nitrogens with zero attached hydrogens (tertiary/aromatic N) is 1. The van der Waals surface area contributed by atoms with Crippen molar-refractivity contribution in [3.8, 4) is 11.5 Å². The lowest BCUT2D eigenvalue weighted by atomic mass is 10.2. The molecule has 0 spiro atoms. The number of carbonyl (C=O) groups is 2. The second kappa shape index (κ2) is 10.8. The van der Waals surface area contributed by atoms with Crippen LogP contribution in [0.15, 0.2) is 47.6 Å². The molecule has 154 valence electrons. The molecule has 0 aliphatic carbocycles. The highest BCUT2D eigenvalue weighted by atomic mass is 19.1. The van der Waals surface area contributed by atoms with Crippen molar-refractivity contribution >= 4 is 18.0 Å². The van der Waals surface area contributed by atoms with Gasteiger partial charge in [0, 0.05) is 6.04 Å². The highest BCUT2D eigenvalue weighted by Gasteiger charge is 2.13. The van der Waals surface area contributed by atoms with Crippen molar-refractivity contribution in [2.75, 3.05) is 6.61 Å². The normalized spacial score (nSPS) is 10.8. The van der Waals surface area contributed by atoms with Gasteiger partial charge in [-0.05, 0) is 62.2 Å². The van der Waals surface area contributed by atoms with Crippen molar-refractivity contribution in [3.05, 3.63) is 59.4 Å². The van der Waals surface area contributed by atoms with Crippen LogP contribution in [0.25, 0.3) is 0 Å². The number of ether oxygens (including phenoxy) is 2. The molecule has 0 atom stereocenters. The van der Waals surface area contributed by atoms with Crippen LogP contribution in [0.1, 0.15) is 31.9 Å². The van der Waals surface area contributed by atoms with E-state index >= 15 is 0 Å². The lowest BCUT2D eigenvalue weighted by Crippen LogP contribution is -2.41. The molecule has 2 N–H and O–H groups in total. The maximum Gasteiger partial charge on any atom is 0.329 e. The number of amides is 2.